The molecule has 1 aromatic heterocycles. The second-order valence-electron chi connectivity index (χ2n) is 5.97. The van der Waals surface area contributed by atoms with Crippen molar-refractivity contribution in [3.63, 3.8) is 0 Å². The fourth-order valence-electron chi connectivity index (χ4n) is 2.71. The van der Waals surface area contributed by atoms with Gasteiger partial charge in [0.05, 0.1) is 0 Å². The normalized spacial score (nSPS) is 12.5. The number of benzene rings is 1. The molecule has 3 nitrogen and oxygen atoms in total. The van der Waals surface area contributed by atoms with Crippen LogP contribution >= 0.6 is 0 Å². The summed E-state index contributed by atoms with van der Waals surface area (Å²) in [5, 5.41) is 5.83. The Kier molecular flexibility index (Phi) is 5.43. The van der Waals surface area contributed by atoms with Gasteiger partial charge in [-0.3, -0.25) is 4.98 Å². The van der Waals surface area contributed by atoms with E-state index in [-0.39, 0.29) is 0 Å². The summed E-state index contributed by atoms with van der Waals surface area (Å²) >= 11 is 0. The summed E-state index contributed by atoms with van der Waals surface area (Å²) in [6.45, 7) is 6.52. The standard InChI is InChI=1S/C18H27N3/c1-4-5-6-7-8-13(2)21-18-10-9-17(19)16-12-20-14(3)11-15(16)18/h9-13,21H,4-8,19H2,1-3H3. The first-order chi connectivity index (χ1) is 10.1. The number of nitrogens with zero attached hydrogens (tertiary/aromatic N) is 1. The van der Waals surface area contributed by atoms with Gasteiger partial charge >= 0.3 is 0 Å². The number of unbranched alkanes of at least 4 members (excludes halogenated alkanes) is 3. The van der Waals surface area contributed by atoms with E-state index in [1.807, 2.05) is 19.2 Å². The van der Waals surface area contributed by atoms with Crippen molar-refractivity contribution in [2.24, 2.45) is 0 Å². The Morgan fingerprint density at radius 1 is 1.19 bits per heavy atom. The summed E-state index contributed by atoms with van der Waals surface area (Å²) in [7, 11) is 0. The Morgan fingerprint density at radius 3 is 2.76 bits per heavy atom. The van der Waals surface area contributed by atoms with Gasteiger partial charge in [0.2, 0.25) is 0 Å². The van der Waals surface area contributed by atoms with Crippen molar-refractivity contribution in [3.05, 3.63) is 30.1 Å². The third-order valence-corrected chi connectivity index (χ3v) is 3.96. The van der Waals surface area contributed by atoms with Crippen molar-refractivity contribution in [1.82, 2.24) is 4.98 Å². The van der Waals surface area contributed by atoms with Gasteiger partial charge in [0.25, 0.3) is 0 Å². The topological polar surface area (TPSA) is 50.9 Å². The lowest BCUT2D eigenvalue weighted by molar-refractivity contribution is 0.594. The zero-order valence-corrected chi connectivity index (χ0v) is 13.4. The summed E-state index contributed by atoms with van der Waals surface area (Å²) in [4.78, 5) is 4.35. The monoisotopic (exact) mass is 285 g/mol. The van der Waals surface area contributed by atoms with Gasteiger partial charge in [-0.25, -0.2) is 0 Å². The predicted molar refractivity (Wildman–Crippen MR) is 92.7 cm³/mol. The summed E-state index contributed by atoms with van der Waals surface area (Å²) in [5.41, 5.74) is 9.02. The molecule has 0 bridgehead atoms. The number of aromatic nitrogens is 1. The molecular formula is C18H27N3. The molecule has 0 saturated heterocycles. The average molecular weight is 285 g/mol. The lowest BCUT2D eigenvalue weighted by Gasteiger charge is -2.17. The molecule has 0 amide bonds. The summed E-state index contributed by atoms with van der Waals surface area (Å²) in [6, 6.07) is 6.63. The van der Waals surface area contributed by atoms with E-state index < -0.39 is 0 Å². The van der Waals surface area contributed by atoms with E-state index in [0.717, 1.165) is 22.5 Å². The summed E-state index contributed by atoms with van der Waals surface area (Å²) in [6.07, 6.45) is 8.32. The van der Waals surface area contributed by atoms with Gasteiger partial charge in [0.15, 0.2) is 0 Å². The van der Waals surface area contributed by atoms with E-state index in [0.29, 0.717) is 6.04 Å². The Morgan fingerprint density at radius 2 is 2.00 bits per heavy atom. The number of nitrogens with two attached hydrogens (primary N) is 1. The molecule has 0 radical (unpaired) electrons. The maximum absolute atomic E-state index is 6.05. The molecule has 2 rings (SSSR count). The minimum Gasteiger partial charge on any atom is -0.398 e. The number of hydrogen-bond donors (Lipinski definition) is 2. The second kappa shape index (κ2) is 7.30. The molecule has 21 heavy (non-hydrogen) atoms. The number of anilines is 2. The molecule has 114 valence electrons. The Balaban J connectivity index is 2.11. The fourth-order valence-corrected chi connectivity index (χ4v) is 2.71. The van der Waals surface area contributed by atoms with Gasteiger partial charge in [-0.05, 0) is 38.5 Å². The minimum atomic E-state index is 0.474. The zero-order chi connectivity index (χ0) is 15.2. The van der Waals surface area contributed by atoms with E-state index >= 15 is 0 Å². The van der Waals surface area contributed by atoms with E-state index in [4.69, 9.17) is 5.73 Å². The maximum atomic E-state index is 6.05. The Labute approximate surface area is 128 Å². The van der Waals surface area contributed by atoms with Crippen LogP contribution in [0.5, 0.6) is 0 Å². The van der Waals surface area contributed by atoms with Crippen LogP contribution < -0.4 is 11.1 Å². The molecule has 1 unspecified atom stereocenters. The van der Waals surface area contributed by atoms with Crippen LogP contribution in [0.15, 0.2) is 24.4 Å². The lowest BCUT2D eigenvalue weighted by Crippen LogP contribution is -2.15. The molecule has 0 saturated carbocycles. The number of rotatable bonds is 7. The van der Waals surface area contributed by atoms with Crippen molar-refractivity contribution < 1.29 is 0 Å². The number of aryl methyl sites for hydroxylation is 1. The van der Waals surface area contributed by atoms with E-state index in [2.05, 4.69) is 36.3 Å². The first-order valence-corrected chi connectivity index (χ1v) is 8.03. The molecule has 1 heterocycles. The van der Waals surface area contributed by atoms with Crippen LogP contribution in [0.1, 0.15) is 51.6 Å². The number of nitrogens with one attached hydrogen (secondary N) is 1. The third-order valence-electron chi connectivity index (χ3n) is 3.96. The number of fused-ring (bicyclic) bond motifs is 1. The number of nitrogen functional groups attached to an aromatic ring is 1. The number of hydrogen-bond acceptors (Lipinski definition) is 3. The van der Waals surface area contributed by atoms with Gasteiger partial charge in [0, 0.05) is 40.1 Å². The Hall–Kier alpha value is -1.77. The van der Waals surface area contributed by atoms with Crippen LogP contribution in [0.25, 0.3) is 10.8 Å². The molecule has 1 atom stereocenters. The Bertz CT molecular complexity index is 592. The molecular weight excluding hydrogens is 258 g/mol. The van der Waals surface area contributed by atoms with Crippen LogP contribution in [0, 0.1) is 6.92 Å². The van der Waals surface area contributed by atoms with Crippen molar-refractivity contribution in [1.29, 1.82) is 0 Å². The maximum Gasteiger partial charge on any atom is 0.0424 e. The second-order valence-corrected chi connectivity index (χ2v) is 5.97. The molecule has 0 aliphatic carbocycles. The van der Waals surface area contributed by atoms with E-state index in [9.17, 15) is 0 Å². The van der Waals surface area contributed by atoms with Crippen molar-refractivity contribution in [3.8, 4) is 0 Å². The van der Waals surface area contributed by atoms with Crippen LogP contribution in [-0.2, 0) is 0 Å². The first kappa shape index (κ1) is 15.6. The van der Waals surface area contributed by atoms with Crippen LogP contribution in [0.4, 0.5) is 11.4 Å². The summed E-state index contributed by atoms with van der Waals surface area (Å²) < 4.78 is 0. The van der Waals surface area contributed by atoms with Crippen molar-refractivity contribution in [2.75, 3.05) is 11.1 Å². The van der Waals surface area contributed by atoms with Crippen molar-refractivity contribution >= 4 is 22.1 Å². The van der Waals surface area contributed by atoms with E-state index in [1.54, 1.807) is 0 Å². The van der Waals surface area contributed by atoms with Gasteiger partial charge in [-0.15, -0.1) is 0 Å². The van der Waals surface area contributed by atoms with Crippen LogP contribution in [0.2, 0.25) is 0 Å². The molecule has 0 spiro atoms. The number of pyridine rings is 1. The SMILES string of the molecule is CCCCCCC(C)Nc1ccc(N)c2cnc(C)cc12. The average Bonchev–Trinajstić information content (AvgIpc) is 2.46. The molecule has 0 aliphatic heterocycles. The van der Waals surface area contributed by atoms with Crippen LogP contribution in [-0.4, -0.2) is 11.0 Å². The minimum absolute atomic E-state index is 0.474. The molecule has 0 aliphatic rings. The zero-order valence-electron chi connectivity index (χ0n) is 13.4. The lowest BCUT2D eigenvalue weighted by atomic mass is 10.1. The molecule has 1 aromatic carbocycles. The van der Waals surface area contributed by atoms with Crippen LogP contribution in [0.3, 0.4) is 0 Å². The van der Waals surface area contributed by atoms with E-state index in [1.165, 1.54) is 37.5 Å². The highest BCUT2D eigenvalue weighted by atomic mass is 14.9. The quantitative estimate of drug-likeness (QED) is 0.562. The highest BCUT2D eigenvalue weighted by Gasteiger charge is 2.08. The molecule has 0 fully saturated rings. The first-order valence-electron chi connectivity index (χ1n) is 8.03. The molecule has 2 aromatic rings. The smallest absolute Gasteiger partial charge is 0.0424 e. The van der Waals surface area contributed by atoms with Gasteiger partial charge < -0.3 is 11.1 Å². The van der Waals surface area contributed by atoms with Gasteiger partial charge in [-0.2, -0.15) is 0 Å². The molecule has 3 heteroatoms. The predicted octanol–water partition coefficient (Wildman–Crippen LogP) is 4.90. The van der Waals surface area contributed by atoms with Gasteiger partial charge in [-0.1, -0.05) is 32.6 Å². The third kappa shape index (κ3) is 4.10. The highest BCUT2D eigenvalue weighted by molar-refractivity contribution is 6.00. The van der Waals surface area contributed by atoms with Gasteiger partial charge in [0.1, 0.15) is 0 Å². The largest absolute Gasteiger partial charge is 0.398 e. The fraction of sp³-hybridized carbons (Fsp3) is 0.500. The molecule has 3 N–H and O–H groups in total. The summed E-state index contributed by atoms with van der Waals surface area (Å²) in [5.74, 6) is 0. The highest BCUT2D eigenvalue weighted by Crippen LogP contribution is 2.29. The van der Waals surface area contributed by atoms with Crippen molar-refractivity contribution in [2.45, 2.75) is 58.9 Å².